The highest BCUT2D eigenvalue weighted by Gasteiger charge is 2.11. The molecule has 20 heavy (non-hydrogen) atoms. The largest absolute Gasteiger partial charge is 0.462 e. The number of halogens is 1. The Morgan fingerprint density at radius 2 is 2.25 bits per heavy atom. The fraction of sp³-hybridized carbons (Fsp3) is 0.214. The van der Waals surface area contributed by atoms with Crippen LogP contribution in [0, 0.1) is 0 Å². The highest BCUT2D eigenvalue weighted by atomic mass is 79.9. The average molecular weight is 355 g/mol. The average Bonchev–Trinajstić information content (AvgIpc) is 2.84. The van der Waals surface area contributed by atoms with Crippen molar-refractivity contribution in [2.75, 3.05) is 17.7 Å². The molecule has 0 fully saturated rings. The number of thiophene rings is 1. The third-order valence-electron chi connectivity index (χ3n) is 2.64. The van der Waals surface area contributed by atoms with Gasteiger partial charge in [0.2, 0.25) is 0 Å². The number of hydrogen-bond acceptors (Lipinski definition) is 5. The van der Waals surface area contributed by atoms with E-state index >= 15 is 0 Å². The van der Waals surface area contributed by atoms with E-state index in [0.29, 0.717) is 24.4 Å². The third-order valence-corrected chi connectivity index (χ3v) is 4.33. The molecular weight excluding hydrogens is 340 g/mol. The van der Waals surface area contributed by atoms with Crippen LogP contribution in [0.15, 0.2) is 34.1 Å². The second-order valence-electron chi connectivity index (χ2n) is 4.11. The number of rotatable bonds is 5. The van der Waals surface area contributed by atoms with Gasteiger partial charge in [0.15, 0.2) is 0 Å². The van der Waals surface area contributed by atoms with Crippen LogP contribution in [0.25, 0.3) is 0 Å². The van der Waals surface area contributed by atoms with Crippen LogP contribution < -0.4 is 11.1 Å². The van der Waals surface area contributed by atoms with E-state index in [1.165, 1.54) is 4.88 Å². The predicted octanol–water partition coefficient (Wildman–Crippen LogP) is 3.88. The van der Waals surface area contributed by atoms with Crippen molar-refractivity contribution < 1.29 is 9.53 Å². The molecule has 0 saturated heterocycles. The Hall–Kier alpha value is -1.53. The number of carbonyl (C=O) groups is 1. The molecule has 0 saturated carbocycles. The van der Waals surface area contributed by atoms with Gasteiger partial charge in [-0.1, -0.05) is 0 Å². The first kappa shape index (κ1) is 14.9. The maximum atomic E-state index is 11.8. The molecule has 0 bridgehead atoms. The Morgan fingerprint density at radius 1 is 1.45 bits per heavy atom. The molecule has 0 aliphatic carbocycles. The van der Waals surface area contributed by atoms with Gasteiger partial charge in [0, 0.05) is 32.6 Å². The van der Waals surface area contributed by atoms with E-state index in [0.717, 1.165) is 10.2 Å². The van der Waals surface area contributed by atoms with Gasteiger partial charge in [-0.2, -0.15) is 0 Å². The number of nitrogens with one attached hydrogen (secondary N) is 1. The molecule has 0 amide bonds. The lowest BCUT2D eigenvalue weighted by Gasteiger charge is -2.09. The Bertz CT molecular complexity index is 613. The standard InChI is InChI=1S/C14H15BrN2O2S/c1-2-19-14(18)12-6-10(3-4-13(12)16)17-7-11-5-9(15)8-20-11/h3-6,8,17H,2,7,16H2,1H3. The Morgan fingerprint density at radius 3 is 2.90 bits per heavy atom. The van der Waals surface area contributed by atoms with Gasteiger partial charge in [0.05, 0.1) is 12.2 Å². The summed E-state index contributed by atoms with van der Waals surface area (Å²) in [4.78, 5) is 13.0. The molecule has 0 atom stereocenters. The third kappa shape index (κ3) is 3.74. The predicted molar refractivity (Wildman–Crippen MR) is 86.2 cm³/mol. The van der Waals surface area contributed by atoms with Gasteiger partial charge >= 0.3 is 5.97 Å². The lowest BCUT2D eigenvalue weighted by Crippen LogP contribution is -2.09. The van der Waals surface area contributed by atoms with Crippen LogP contribution in [-0.2, 0) is 11.3 Å². The molecule has 3 N–H and O–H groups in total. The Kier molecular flexibility index (Phi) is 5.03. The zero-order chi connectivity index (χ0) is 14.5. The van der Waals surface area contributed by atoms with Crippen molar-refractivity contribution in [3.05, 3.63) is 44.6 Å². The van der Waals surface area contributed by atoms with Crippen molar-refractivity contribution in [1.82, 2.24) is 0 Å². The fourth-order valence-corrected chi connectivity index (χ4v) is 3.08. The van der Waals surface area contributed by atoms with Gasteiger partial charge in [-0.15, -0.1) is 11.3 Å². The zero-order valence-corrected chi connectivity index (χ0v) is 13.4. The van der Waals surface area contributed by atoms with E-state index in [1.54, 1.807) is 30.4 Å². The smallest absolute Gasteiger partial charge is 0.340 e. The topological polar surface area (TPSA) is 64.3 Å². The van der Waals surface area contributed by atoms with Crippen molar-refractivity contribution in [3.8, 4) is 0 Å². The van der Waals surface area contributed by atoms with Gasteiger partial charge in [-0.05, 0) is 47.1 Å². The number of nitrogens with two attached hydrogens (primary N) is 1. The molecule has 1 heterocycles. The number of nitrogen functional groups attached to an aromatic ring is 1. The molecule has 0 spiro atoms. The van der Waals surface area contributed by atoms with E-state index in [9.17, 15) is 4.79 Å². The van der Waals surface area contributed by atoms with Crippen LogP contribution >= 0.6 is 27.3 Å². The zero-order valence-electron chi connectivity index (χ0n) is 11.0. The summed E-state index contributed by atoms with van der Waals surface area (Å²) in [6.07, 6.45) is 0. The summed E-state index contributed by atoms with van der Waals surface area (Å²) in [5.74, 6) is -0.396. The molecule has 1 aromatic carbocycles. The monoisotopic (exact) mass is 354 g/mol. The van der Waals surface area contributed by atoms with Gasteiger partial charge in [0.1, 0.15) is 0 Å². The van der Waals surface area contributed by atoms with Crippen LogP contribution in [0.5, 0.6) is 0 Å². The summed E-state index contributed by atoms with van der Waals surface area (Å²) in [7, 11) is 0. The van der Waals surface area contributed by atoms with E-state index in [4.69, 9.17) is 10.5 Å². The summed E-state index contributed by atoms with van der Waals surface area (Å²) in [6.45, 7) is 2.80. The SMILES string of the molecule is CCOC(=O)c1cc(NCc2cc(Br)cs2)ccc1N. The number of hydrogen-bond donors (Lipinski definition) is 2. The maximum Gasteiger partial charge on any atom is 0.340 e. The van der Waals surface area contributed by atoms with Crippen LogP contribution in [0.4, 0.5) is 11.4 Å². The fourth-order valence-electron chi connectivity index (χ4n) is 1.69. The summed E-state index contributed by atoms with van der Waals surface area (Å²) in [5, 5.41) is 5.30. The molecule has 0 aliphatic rings. The minimum absolute atomic E-state index is 0.332. The quantitative estimate of drug-likeness (QED) is 0.631. The molecule has 0 radical (unpaired) electrons. The summed E-state index contributed by atoms with van der Waals surface area (Å²) in [5.41, 5.74) is 7.45. The van der Waals surface area contributed by atoms with Crippen molar-refractivity contribution in [3.63, 3.8) is 0 Å². The maximum absolute atomic E-state index is 11.8. The molecule has 4 nitrogen and oxygen atoms in total. The van der Waals surface area contributed by atoms with Crippen molar-refractivity contribution in [2.45, 2.75) is 13.5 Å². The van der Waals surface area contributed by atoms with Crippen molar-refractivity contribution >= 4 is 44.6 Å². The first-order chi connectivity index (χ1) is 9.60. The van der Waals surface area contributed by atoms with Gasteiger partial charge in [-0.25, -0.2) is 4.79 Å². The van der Waals surface area contributed by atoms with Crippen molar-refractivity contribution in [1.29, 1.82) is 0 Å². The Labute approximate surface area is 130 Å². The van der Waals surface area contributed by atoms with E-state index < -0.39 is 5.97 Å². The number of ether oxygens (including phenoxy) is 1. The van der Waals surface area contributed by atoms with E-state index in [1.807, 2.05) is 11.4 Å². The highest BCUT2D eigenvalue weighted by molar-refractivity contribution is 9.10. The lowest BCUT2D eigenvalue weighted by molar-refractivity contribution is 0.0527. The molecule has 2 rings (SSSR count). The van der Waals surface area contributed by atoms with E-state index in [2.05, 4.69) is 27.3 Å². The summed E-state index contributed by atoms with van der Waals surface area (Å²) in [6, 6.07) is 7.33. The number of carbonyl (C=O) groups excluding carboxylic acids is 1. The second-order valence-corrected chi connectivity index (χ2v) is 6.02. The van der Waals surface area contributed by atoms with Crippen LogP contribution in [0.3, 0.4) is 0 Å². The molecular formula is C14H15BrN2O2S. The normalized spacial score (nSPS) is 10.3. The molecule has 0 unspecified atom stereocenters. The van der Waals surface area contributed by atoms with Crippen LogP contribution in [-0.4, -0.2) is 12.6 Å². The molecule has 1 aromatic heterocycles. The van der Waals surface area contributed by atoms with E-state index in [-0.39, 0.29) is 0 Å². The second kappa shape index (κ2) is 6.76. The summed E-state index contributed by atoms with van der Waals surface area (Å²) < 4.78 is 6.05. The highest BCUT2D eigenvalue weighted by Crippen LogP contribution is 2.23. The molecule has 2 aromatic rings. The first-order valence-electron chi connectivity index (χ1n) is 6.13. The minimum Gasteiger partial charge on any atom is -0.462 e. The van der Waals surface area contributed by atoms with Gasteiger partial charge < -0.3 is 15.8 Å². The lowest BCUT2D eigenvalue weighted by atomic mass is 10.1. The minimum atomic E-state index is -0.396. The molecule has 106 valence electrons. The van der Waals surface area contributed by atoms with Crippen LogP contribution in [0.1, 0.15) is 22.2 Å². The van der Waals surface area contributed by atoms with Crippen molar-refractivity contribution in [2.24, 2.45) is 0 Å². The Balaban J connectivity index is 2.08. The summed E-state index contributed by atoms with van der Waals surface area (Å²) >= 11 is 5.09. The molecule has 0 aliphatic heterocycles. The van der Waals surface area contributed by atoms with Gasteiger partial charge in [-0.3, -0.25) is 0 Å². The molecule has 6 heteroatoms. The van der Waals surface area contributed by atoms with Gasteiger partial charge in [0.25, 0.3) is 0 Å². The number of benzene rings is 1. The first-order valence-corrected chi connectivity index (χ1v) is 7.81. The number of anilines is 2. The van der Waals surface area contributed by atoms with Crippen LogP contribution in [0.2, 0.25) is 0 Å². The number of esters is 1.